The Morgan fingerprint density at radius 2 is 1.74 bits per heavy atom. The fraction of sp³-hybridized carbons (Fsp3) is 0.105. The molecule has 136 valence electrons. The zero-order chi connectivity index (χ0) is 19.2. The second-order valence-corrected chi connectivity index (χ2v) is 6.45. The Morgan fingerprint density at radius 3 is 2.41 bits per heavy atom. The Hall–Kier alpha value is -2.93. The van der Waals surface area contributed by atoms with Crippen LogP contribution in [0.25, 0.3) is 28.0 Å². The van der Waals surface area contributed by atoms with E-state index in [1.54, 1.807) is 42.6 Å². The van der Waals surface area contributed by atoms with Gasteiger partial charge in [-0.1, -0.05) is 23.7 Å². The Morgan fingerprint density at radius 1 is 1.00 bits per heavy atom. The third-order valence-electron chi connectivity index (χ3n) is 4.11. The quantitative estimate of drug-likeness (QED) is 0.459. The number of aryl methyl sites for hydroxylation is 1. The van der Waals surface area contributed by atoms with Gasteiger partial charge in [0.25, 0.3) is 0 Å². The number of alkyl halides is 3. The highest BCUT2D eigenvalue weighted by atomic mass is 35.5. The molecule has 4 rings (SSSR count). The number of pyridine rings is 1. The molecule has 8 heteroatoms. The molecule has 0 aliphatic heterocycles. The van der Waals surface area contributed by atoms with Crippen molar-refractivity contribution in [1.82, 2.24) is 19.6 Å². The van der Waals surface area contributed by atoms with E-state index >= 15 is 0 Å². The molecule has 0 N–H and O–H groups in total. The number of hydrogen-bond donors (Lipinski definition) is 0. The van der Waals surface area contributed by atoms with Crippen LogP contribution in [0.15, 0.2) is 54.9 Å². The summed E-state index contributed by atoms with van der Waals surface area (Å²) in [5.41, 5.74) is 1.91. The Bertz CT molecular complexity index is 1130. The van der Waals surface area contributed by atoms with Gasteiger partial charge in [0.2, 0.25) is 0 Å². The first-order chi connectivity index (χ1) is 12.8. The fourth-order valence-corrected chi connectivity index (χ4v) is 2.98. The lowest BCUT2D eigenvalue weighted by molar-refractivity contribution is -0.142. The number of rotatable bonds is 2. The molecule has 0 aliphatic rings. The van der Waals surface area contributed by atoms with Gasteiger partial charge in [-0.15, -0.1) is 0 Å². The van der Waals surface area contributed by atoms with Crippen molar-refractivity contribution in [2.75, 3.05) is 0 Å². The second-order valence-electron chi connectivity index (χ2n) is 6.01. The largest absolute Gasteiger partial charge is 0.433 e. The van der Waals surface area contributed by atoms with Gasteiger partial charge in [-0.2, -0.15) is 18.3 Å². The molecule has 0 amide bonds. The van der Waals surface area contributed by atoms with Crippen molar-refractivity contribution >= 4 is 17.2 Å². The SMILES string of the molecule is Cc1cc(-c2cnn3c(C(F)(F)F)cc(-c4ccc(Cl)cc4)nc23)ccn1. The third kappa shape index (κ3) is 3.26. The van der Waals surface area contributed by atoms with Gasteiger partial charge in [-0.05, 0) is 42.8 Å². The lowest BCUT2D eigenvalue weighted by Crippen LogP contribution is -2.13. The van der Waals surface area contributed by atoms with Crippen LogP contribution in [-0.4, -0.2) is 19.6 Å². The zero-order valence-corrected chi connectivity index (χ0v) is 14.8. The number of aromatic nitrogens is 4. The molecular formula is C19H12ClF3N4. The Labute approximate surface area is 157 Å². The summed E-state index contributed by atoms with van der Waals surface area (Å²) in [5, 5.41) is 4.43. The minimum atomic E-state index is -4.58. The normalized spacial score (nSPS) is 11.9. The summed E-state index contributed by atoms with van der Waals surface area (Å²) in [6.07, 6.45) is -1.60. The first-order valence-electron chi connectivity index (χ1n) is 7.98. The van der Waals surface area contributed by atoms with Crippen molar-refractivity contribution < 1.29 is 13.2 Å². The highest BCUT2D eigenvalue weighted by molar-refractivity contribution is 6.30. The maximum absolute atomic E-state index is 13.6. The smallest absolute Gasteiger partial charge is 0.262 e. The first-order valence-corrected chi connectivity index (χ1v) is 8.36. The second kappa shape index (κ2) is 6.35. The first kappa shape index (κ1) is 17.5. The van der Waals surface area contributed by atoms with Crippen molar-refractivity contribution in [2.45, 2.75) is 13.1 Å². The topological polar surface area (TPSA) is 43.1 Å². The molecule has 0 radical (unpaired) electrons. The maximum atomic E-state index is 13.6. The van der Waals surface area contributed by atoms with Crippen LogP contribution in [0, 0.1) is 6.92 Å². The molecule has 3 heterocycles. The van der Waals surface area contributed by atoms with Crippen molar-refractivity contribution in [3.63, 3.8) is 0 Å². The van der Waals surface area contributed by atoms with Crippen molar-refractivity contribution in [1.29, 1.82) is 0 Å². The molecule has 0 spiro atoms. The van der Waals surface area contributed by atoms with Gasteiger partial charge in [0.15, 0.2) is 11.3 Å². The van der Waals surface area contributed by atoms with E-state index in [1.165, 1.54) is 6.20 Å². The lowest BCUT2D eigenvalue weighted by atomic mass is 10.1. The molecule has 0 aliphatic carbocycles. The van der Waals surface area contributed by atoms with Gasteiger partial charge < -0.3 is 0 Å². The summed E-state index contributed by atoms with van der Waals surface area (Å²) in [4.78, 5) is 8.57. The number of fused-ring (bicyclic) bond motifs is 1. The molecule has 0 atom stereocenters. The molecular weight excluding hydrogens is 377 g/mol. The van der Waals surface area contributed by atoms with E-state index in [4.69, 9.17) is 11.6 Å². The van der Waals surface area contributed by atoms with Crippen molar-refractivity contribution in [3.8, 4) is 22.4 Å². The standard InChI is InChI=1S/C19H12ClF3N4/c1-11-8-13(6-7-24-11)15-10-25-27-17(19(21,22)23)9-16(26-18(15)27)12-2-4-14(20)5-3-12/h2-10H,1H3. The van der Waals surface area contributed by atoms with Gasteiger partial charge in [-0.25, -0.2) is 9.50 Å². The van der Waals surface area contributed by atoms with E-state index in [9.17, 15) is 13.2 Å². The van der Waals surface area contributed by atoms with Gasteiger partial charge in [0, 0.05) is 28.0 Å². The van der Waals surface area contributed by atoms with Gasteiger partial charge in [0.05, 0.1) is 11.9 Å². The van der Waals surface area contributed by atoms with E-state index in [-0.39, 0.29) is 11.3 Å². The summed E-state index contributed by atoms with van der Waals surface area (Å²) < 4.78 is 41.7. The van der Waals surface area contributed by atoms with Crippen LogP contribution in [0.2, 0.25) is 5.02 Å². The van der Waals surface area contributed by atoms with Gasteiger partial charge >= 0.3 is 6.18 Å². The maximum Gasteiger partial charge on any atom is 0.433 e. The average Bonchev–Trinajstić information content (AvgIpc) is 3.04. The van der Waals surface area contributed by atoms with Gasteiger partial charge in [0.1, 0.15) is 0 Å². The van der Waals surface area contributed by atoms with E-state index in [0.29, 0.717) is 21.7 Å². The molecule has 4 aromatic rings. The number of benzene rings is 1. The molecule has 0 bridgehead atoms. The minimum absolute atomic E-state index is 0.125. The highest BCUT2D eigenvalue weighted by Crippen LogP contribution is 2.34. The van der Waals surface area contributed by atoms with Crippen LogP contribution >= 0.6 is 11.6 Å². The molecule has 1 aromatic carbocycles. The van der Waals surface area contributed by atoms with E-state index in [0.717, 1.165) is 16.3 Å². The summed E-state index contributed by atoms with van der Waals surface area (Å²) in [7, 11) is 0. The Balaban J connectivity index is 2.01. The molecule has 0 unspecified atom stereocenters. The lowest BCUT2D eigenvalue weighted by Gasteiger charge is -2.12. The molecule has 27 heavy (non-hydrogen) atoms. The van der Waals surface area contributed by atoms with Crippen molar-refractivity contribution in [2.24, 2.45) is 0 Å². The predicted octanol–water partition coefficient (Wildman–Crippen LogP) is 5.44. The van der Waals surface area contributed by atoms with Crippen molar-refractivity contribution in [3.05, 3.63) is 71.3 Å². The third-order valence-corrected chi connectivity index (χ3v) is 4.36. The zero-order valence-electron chi connectivity index (χ0n) is 14.0. The Kier molecular flexibility index (Phi) is 4.11. The minimum Gasteiger partial charge on any atom is -0.262 e. The predicted molar refractivity (Wildman–Crippen MR) is 96.4 cm³/mol. The fourth-order valence-electron chi connectivity index (χ4n) is 2.85. The summed E-state index contributed by atoms with van der Waals surface area (Å²) >= 11 is 5.88. The van der Waals surface area contributed by atoms with E-state index in [1.807, 2.05) is 6.92 Å². The summed E-state index contributed by atoms with van der Waals surface area (Å²) in [5.74, 6) is 0. The number of nitrogens with zero attached hydrogens (tertiary/aromatic N) is 4. The monoisotopic (exact) mass is 388 g/mol. The summed E-state index contributed by atoms with van der Waals surface area (Å²) in [6.45, 7) is 1.81. The highest BCUT2D eigenvalue weighted by Gasteiger charge is 2.35. The number of hydrogen-bond acceptors (Lipinski definition) is 3. The van der Waals surface area contributed by atoms with E-state index < -0.39 is 11.9 Å². The van der Waals surface area contributed by atoms with Crippen LogP contribution < -0.4 is 0 Å². The molecule has 4 nitrogen and oxygen atoms in total. The molecule has 0 saturated carbocycles. The van der Waals surface area contributed by atoms with E-state index in [2.05, 4.69) is 15.1 Å². The average molecular weight is 389 g/mol. The summed E-state index contributed by atoms with van der Waals surface area (Å²) in [6, 6.07) is 11.0. The molecule has 3 aromatic heterocycles. The van der Waals surface area contributed by atoms with Crippen LogP contribution in [0.4, 0.5) is 13.2 Å². The van der Waals surface area contributed by atoms with Crippen LogP contribution in [0.1, 0.15) is 11.4 Å². The molecule has 0 saturated heterocycles. The van der Waals surface area contributed by atoms with Gasteiger partial charge in [-0.3, -0.25) is 4.98 Å². The van der Waals surface area contributed by atoms with Crippen LogP contribution in [0.3, 0.4) is 0 Å². The van der Waals surface area contributed by atoms with Crippen LogP contribution in [-0.2, 0) is 6.18 Å². The number of halogens is 4. The molecule has 0 fully saturated rings. The van der Waals surface area contributed by atoms with Crippen LogP contribution in [0.5, 0.6) is 0 Å².